The summed E-state index contributed by atoms with van der Waals surface area (Å²) in [6.45, 7) is 0. The summed E-state index contributed by atoms with van der Waals surface area (Å²) in [5.74, 6) is 0. The second kappa shape index (κ2) is 3.90. The minimum Gasteiger partial charge on any atom is -0.258 e. The quantitative estimate of drug-likeness (QED) is 0.272. The Morgan fingerprint density at radius 2 is 1.35 bits per heavy atom. The number of hydrogen-bond donors (Lipinski definition) is 0. The van der Waals surface area contributed by atoms with E-state index in [1.54, 1.807) is 6.07 Å². The Bertz CT molecular complexity index is 994. The van der Waals surface area contributed by atoms with Crippen molar-refractivity contribution in [2.45, 2.75) is 0 Å². The van der Waals surface area contributed by atoms with E-state index in [1.165, 1.54) is 0 Å². The lowest BCUT2D eigenvalue weighted by Crippen LogP contribution is -1.91. The van der Waals surface area contributed by atoms with Crippen LogP contribution in [-0.4, -0.2) is 4.92 Å². The molecule has 0 amide bonds. The van der Waals surface area contributed by atoms with Crippen molar-refractivity contribution in [3.8, 4) is 0 Å². The molecule has 4 aromatic carbocycles. The van der Waals surface area contributed by atoms with Crippen LogP contribution < -0.4 is 0 Å². The van der Waals surface area contributed by atoms with E-state index in [2.05, 4.69) is 22.0 Å². The van der Waals surface area contributed by atoms with Gasteiger partial charge in [-0.2, -0.15) is 0 Å². The van der Waals surface area contributed by atoms with Gasteiger partial charge in [0.2, 0.25) is 0 Å². The molecule has 0 aliphatic heterocycles. The minimum absolute atomic E-state index is 0.159. The average molecular weight is 326 g/mol. The Balaban J connectivity index is 2.38. The van der Waals surface area contributed by atoms with Crippen LogP contribution in [0.4, 0.5) is 5.69 Å². The van der Waals surface area contributed by atoms with Gasteiger partial charge in [-0.05, 0) is 39.7 Å². The topological polar surface area (TPSA) is 43.1 Å². The smallest absolute Gasteiger partial charge is 0.258 e. The monoisotopic (exact) mass is 325 g/mol. The molecule has 0 radical (unpaired) electrons. The number of nitrogens with zero attached hydrogens (tertiary/aromatic N) is 1. The van der Waals surface area contributed by atoms with Gasteiger partial charge in [-0.15, -0.1) is 0 Å². The van der Waals surface area contributed by atoms with E-state index in [0.717, 1.165) is 31.4 Å². The standard InChI is InChI=1S/C16H8BrNO2/c17-13-7-3-9-1-2-10-4-8-14(18(19)20)12-6-5-11(13)15(9)16(10)12/h1-8H. The van der Waals surface area contributed by atoms with Gasteiger partial charge >= 0.3 is 0 Å². The van der Waals surface area contributed by atoms with Crippen LogP contribution in [0.25, 0.3) is 32.3 Å². The summed E-state index contributed by atoms with van der Waals surface area (Å²) in [4.78, 5) is 10.9. The van der Waals surface area contributed by atoms with Gasteiger partial charge in [0.15, 0.2) is 0 Å². The normalized spacial score (nSPS) is 11.7. The Hall–Kier alpha value is -2.20. The lowest BCUT2D eigenvalue weighted by Gasteiger charge is -2.11. The fraction of sp³-hybridized carbons (Fsp3) is 0. The maximum atomic E-state index is 11.2. The molecule has 0 heterocycles. The highest BCUT2D eigenvalue weighted by Crippen LogP contribution is 2.40. The molecule has 0 unspecified atom stereocenters. The zero-order chi connectivity index (χ0) is 13.9. The van der Waals surface area contributed by atoms with E-state index in [-0.39, 0.29) is 10.6 Å². The molecule has 0 spiro atoms. The third-order valence-corrected chi connectivity index (χ3v) is 4.48. The molecular formula is C16H8BrNO2. The molecule has 0 N–H and O–H groups in total. The Morgan fingerprint density at radius 3 is 2.05 bits per heavy atom. The number of nitro benzene ring substituents is 1. The Kier molecular flexibility index (Phi) is 2.26. The SMILES string of the molecule is O=[N+]([O-])c1ccc2ccc3ccc(Br)c4ccc1c2c34. The van der Waals surface area contributed by atoms with Gasteiger partial charge < -0.3 is 0 Å². The number of halogens is 1. The van der Waals surface area contributed by atoms with Gasteiger partial charge in [-0.25, -0.2) is 0 Å². The number of hydrogen-bond acceptors (Lipinski definition) is 2. The predicted octanol–water partition coefficient (Wildman–Crippen LogP) is 5.25. The fourth-order valence-corrected chi connectivity index (χ4v) is 3.37. The zero-order valence-corrected chi connectivity index (χ0v) is 11.8. The van der Waals surface area contributed by atoms with Crippen LogP contribution >= 0.6 is 15.9 Å². The maximum Gasteiger partial charge on any atom is 0.277 e. The van der Waals surface area contributed by atoms with Crippen LogP contribution in [0, 0.1) is 10.1 Å². The van der Waals surface area contributed by atoms with Crippen LogP contribution in [0.5, 0.6) is 0 Å². The molecule has 4 aromatic rings. The number of nitro groups is 1. The van der Waals surface area contributed by atoms with Gasteiger partial charge in [0.1, 0.15) is 0 Å². The fourth-order valence-electron chi connectivity index (χ4n) is 2.91. The molecule has 4 heteroatoms. The summed E-state index contributed by atoms with van der Waals surface area (Å²) in [5.41, 5.74) is 0.159. The summed E-state index contributed by atoms with van der Waals surface area (Å²) >= 11 is 3.55. The zero-order valence-electron chi connectivity index (χ0n) is 10.3. The van der Waals surface area contributed by atoms with Crippen LogP contribution in [0.3, 0.4) is 0 Å². The molecule has 3 nitrogen and oxygen atoms in total. The summed E-state index contributed by atoms with van der Waals surface area (Å²) in [6, 6.07) is 15.3. The second-order valence-electron chi connectivity index (χ2n) is 4.81. The van der Waals surface area contributed by atoms with Crippen molar-refractivity contribution in [3.63, 3.8) is 0 Å². The van der Waals surface area contributed by atoms with E-state index in [0.29, 0.717) is 5.39 Å². The highest BCUT2D eigenvalue weighted by atomic mass is 79.9. The van der Waals surface area contributed by atoms with Gasteiger partial charge in [0.05, 0.1) is 10.3 Å². The molecule has 0 saturated carbocycles. The largest absolute Gasteiger partial charge is 0.277 e. The summed E-state index contributed by atoms with van der Waals surface area (Å²) in [7, 11) is 0. The van der Waals surface area contributed by atoms with Crippen LogP contribution in [0.2, 0.25) is 0 Å². The first-order valence-corrected chi connectivity index (χ1v) is 6.96. The van der Waals surface area contributed by atoms with Gasteiger partial charge in [-0.3, -0.25) is 10.1 Å². The van der Waals surface area contributed by atoms with E-state index < -0.39 is 0 Å². The van der Waals surface area contributed by atoms with Crippen molar-refractivity contribution in [3.05, 3.63) is 63.1 Å². The van der Waals surface area contributed by atoms with Crippen molar-refractivity contribution in [1.29, 1.82) is 0 Å². The van der Waals surface area contributed by atoms with Crippen LogP contribution in [0.1, 0.15) is 0 Å². The molecule has 96 valence electrons. The third kappa shape index (κ3) is 1.40. The first-order valence-electron chi connectivity index (χ1n) is 6.17. The van der Waals surface area contributed by atoms with Crippen molar-refractivity contribution in [2.24, 2.45) is 0 Å². The van der Waals surface area contributed by atoms with E-state index in [4.69, 9.17) is 0 Å². The summed E-state index contributed by atoms with van der Waals surface area (Å²) < 4.78 is 1.01. The van der Waals surface area contributed by atoms with Crippen LogP contribution in [-0.2, 0) is 0 Å². The molecule has 0 aliphatic rings. The number of rotatable bonds is 1. The maximum absolute atomic E-state index is 11.2. The molecule has 0 aliphatic carbocycles. The molecule has 0 atom stereocenters. The van der Waals surface area contributed by atoms with E-state index in [1.807, 2.05) is 36.4 Å². The van der Waals surface area contributed by atoms with Crippen LogP contribution in [0.15, 0.2) is 53.0 Å². The number of benzene rings is 4. The molecule has 0 bridgehead atoms. The predicted molar refractivity (Wildman–Crippen MR) is 84.5 cm³/mol. The average Bonchev–Trinajstić information content (AvgIpc) is 2.46. The lowest BCUT2D eigenvalue weighted by molar-refractivity contribution is -0.383. The molecule has 20 heavy (non-hydrogen) atoms. The number of non-ortho nitro benzene ring substituents is 1. The second-order valence-corrected chi connectivity index (χ2v) is 5.67. The Morgan fingerprint density at radius 1 is 0.800 bits per heavy atom. The summed E-state index contributed by atoms with van der Waals surface area (Å²) in [5, 5.41) is 17.2. The molecule has 0 saturated heterocycles. The molecular weight excluding hydrogens is 318 g/mol. The van der Waals surface area contributed by atoms with Crippen molar-refractivity contribution < 1.29 is 4.92 Å². The van der Waals surface area contributed by atoms with E-state index >= 15 is 0 Å². The van der Waals surface area contributed by atoms with Gasteiger partial charge in [-0.1, -0.05) is 40.2 Å². The van der Waals surface area contributed by atoms with Gasteiger partial charge in [0.25, 0.3) is 5.69 Å². The molecule has 4 rings (SSSR count). The molecule has 0 fully saturated rings. The van der Waals surface area contributed by atoms with Gasteiger partial charge in [0, 0.05) is 15.9 Å². The minimum atomic E-state index is -0.319. The summed E-state index contributed by atoms with van der Waals surface area (Å²) in [6.07, 6.45) is 0. The third-order valence-electron chi connectivity index (χ3n) is 3.79. The van der Waals surface area contributed by atoms with E-state index in [9.17, 15) is 10.1 Å². The van der Waals surface area contributed by atoms with Crippen molar-refractivity contribution in [1.82, 2.24) is 0 Å². The van der Waals surface area contributed by atoms with Crippen molar-refractivity contribution in [2.75, 3.05) is 0 Å². The Labute approximate surface area is 122 Å². The molecule has 0 aromatic heterocycles. The highest BCUT2D eigenvalue weighted by molar-refractivity contribution is 9.10. The highest BCUT2D eigenvalue weighted by Gasteiger charge is 2.17. The van der Waals surface area contributed by atoms with Crippen molar-refractivity contribution >= 4 is 53.9 Å². The first-order chi connectivity index (χ1) is 9.66. The lowest BCUT2D eigenvalue weighted by atomic mass is 9.93. The first kappa shape index (κ1) is 11.6.